The minimum atomic E-state index is -0.0919. The molecule has 49 heavy (non-hydrogen) atoms. The van der Waals surface area contributed by atoms with E-state index in [0.29, 0.717) is 0 Å². The van der Waals surface area contributed by atoms with Crippen molar-refractivity contribution in [2.45, 2.75) is 19.3 Å². The van der Waals surface area contributed by atoms with Crippen LogP contribution < -0.4 is 0 Å². The fourth-order valence-corrected chi connectivity index (χ4v) is 8.63. The van der Waals surface area contributed by atoms with E-state index in [0.717, 1.165) is 0 Å². The van der Waals surface area contributed by atoms with Crippen LogP contribution in [0.5, 0.6) is 0 Å². The van der Waals surface area contributed by atoms with Crippen molar-refractivity contribution in [1.82, 2.24) is 0 Å². The maximum absolute atomic E-state index is 2.49. The van der Waals surface area contributed by atoms with Gasteiger partial charge in [0.2, 0.25) is 0 Å². The molecular weight excluding hydrogens is 589 g/mol. The third-order valence-corrected chi connectivity index (χ3v) is 11.1. The Hall–Kier alpha value is -5.98. The third kappa shape index (κ3) is 4.17. The van der Waals surface area contributed by atoms with Crippen LogP contribution in [0.2, 0.25) is 0 Å². The maximum Gasteiger partial charge on any atom is 0.0159 e. The van der Waals surface area contributed by atoms with Crippen LogP contribution in [0.25, 0.3) is 87.6 Å². The van der Waals surface area contributed by atoms with Crippen LogP contribution in [0.3, 0.4) is 0 Å². The molecule has 1 aliphatic rings. The molecular formula is C49H34. The number of hydrogen-bond acceptors (Lipinski definition) is 0. The smallest absolute Gasteiger partial charge is 0.0159 e. The molecule has 9 aromatic rings. The minimum Gasteiger partial charge on any atom is -0.0622 e. The summed E-state index contributed by atoms with van der Waals surface area (Å²) in [4.78, 5) is 0. The molecule has 1 aliphatic carbocycles. The van der Waals surface area contributed by atoms with Gasteiger partial charge in [-0.05, 0) is 123 Å². The Morgan fingerprint density at radius 3 is 1.41 bits per heavy atom. The average Bonchev–Trinajstić information content (AvgIpc) is 3.39. The summed E-state index contributed by atoms with van der Waals surface area (Å²) >= 11 is 0. The molecule has 0 bridgehead atoms. The summed E-state index contributed by atoms with van der Waals surface area (Å²) in [6, 6.07) is 63.1. The van der Waals surface area contributed by atoms with Gasteiger partial charge in [0, 0.05) is 5.41 Å². The van der Waals surface area contributed by atoms with E-state index in [1.54, 1.807) is 0 Å². The first-order valence-electron chi connectivity index (χ1n) is 17.3. The molecule has 0 nitrogen and oxygen atoms in total. The molecule has 0 saturated carbocycles. The number of fused-ring (bicyclic) bond motifs is 10. The predicted octanol–water partition coefficient (Wildman–Crippen LogP) is 13.6. The van der Waals surface area contributed by atoms with E-state index in [4.69, 9.17) is 0 Å². The van der Waals surface area contributed by atoms with Gasteiger partial charge >= 0.3 is 0 Å². The summed E-state index contributed by atoms with van der Waals surface area (Å²) < 4.78 is 0. The van der Waals surface area contributed by atoms with E-state index in [9.17, 15) is 0 Å². The lowest BCUT2D eigenvalue weighted by atomic mass is 9.81. The molecule has 0 fully saturated rings. The molecule has 0 atom stereocenters. The molecule has 0 spiro atoms. The van der Waals surface area contributed by atoms with E-state index in [2.05, 4.69) is 184 Å². The molecule has 0 heteroatoms. The molecule has 0 saturated heterocycles. The van der Waals surface area contributed by atoms with Gasteiger partial charge in [0.1, 0.15) is 0 Å². The quantitative estimate of drug-likeness (QED) is 0.172. The lowest BCUT2D eigenvalue weighted by Gasteiger charge is -2.22. The topological polar surface area (TPSA) is 0 Å². The van der Waals surface area contributed by atoms with E-state index >= 15 is 0 Å². The second-order valence-corrected chi connectivity index (χ2v) is 14.1. The predicted molar refractivity (Wildman–Crippen MR) is 210 cm³/mol. The molecule has 9 aromatic carbocycles. The van der Waals surface area contributed by atoms with Gasteiger partial charge in [0.25, 0.3) is 0 Å². The SMILES string of the molecule is CC1(C)c2ccc(-c3cccc(-c4cccc5c(-c6ccccc6)cccc45)c3)cc2-c2cc3c4ccccc4c4ccccc4c3cc21. The largest absolute Gasteiger partial charge is 0.0622 e. The summed E-state index contributed by atoms with van der Waals surface area (Å²) in [6.07, 6.45) is 0. The number of benzene rings is 9. The Labute approximate surface area is 286 Å². The number of hydrogen-bond donors (Lipinski definition) is 0. The molecule has 0 radical (unpaired) electrons. The maximum atomic E-state index is 2.49. The summed E-state index contributed by atoms with van der Waals surface area (Å²) in [5, 5.41) is 10.5. The van der Waals surface area contributed by atoms with Gasteiger partial charge in [-0.15, -0.1) is 0 Å². The van der Waals surface area contributed by atoms with Crippen LogP contribution in [-0.2, 0) is 5.41 Å². The highest BCUT2D eigenvalue weighted by atomic mass is 14.4. The lowest BCUT2D eigenvalue weighted by molar-refractivity contribution is 0.661. The summed E-state index contributed by atoms with van der Waals surface area (Å²) in [5.41, 5.74) is 12.9. The molecule has 0 aromatic heterocycles. The van der Waals surface area contributed by atoms with Crippen molar-refractivity contribution >= 4 is 43.1 Å². The van der Waals surface area contributed by atoms with Gasteiger partial charge in [-0.1, -0.05) is 159 Å². The zero-order valence-corrected chi connectivity index (χ0v) is 27.7. The summed E-state index contributed by atoms with van der Waals surface area (Å²) in [5.74, 6) is 0. The highest BCUT2D eigenvalue weighted by molar-refractivity contribution is 6.26. The van der Waals surface area contributed by atoms with E-state index in [1.807, 2.05) is 0 Å². The lowest BCUT2D eigenvalue weighted by Crippen LogP contribution is -2.14. The monoisotopic (exact) mass is 622 g/mol. The molecule has 0 amide bonds. The Bertz CT molecular complexity index is 2780. The Kier molecular flexibility index (Phi) is 6.02. The zero-order valence-electron chi connectivity index (χ0n) is 27.7. The normalized spacial score (nSPS) is 13.3. The van der Waals surface area contributed by atoms with Gasteiger partial charge in [-0.3, -0.25) is 0 Å². The molecule has 0 aliphatic heterocycles. The van der Waals surface area contributed by atoms with Crippen molar-refractivity contribution in [3.05, 3.63) is 181 Å². The van der Waals surface area contributed by atoms with E-state index < -0.39 is 0 Å². The summed E-state index contributed by atoms with van der Waals surface area (Å²) in [7, 11) is 0. The first-order valence-corrected chi connectivity index (χ1v) is 17.3. The van der Waals surface area contributed by atoms with Gasteiger partial charge in [-0.2, -0.15) is 0 Å². The van der Waals surface area contributed by atoms with Crippen LogP contribution in [0.4, 0.5) is 0 Å². The summed E-state index contributed by atoms with van der Waals surface area (Å²) in [6.45, 7) is 4.77. The van der Waals surface area contributed by atoms with Gasteiger partial charge in [0.15, 0.2) is 0 Å². The van der Waals surface area contributed by atoms with Crippen molar-refractivity contribution in [1.29, 1.82) is 0 Å². The average molecular weight is 623 g/mol. The molecule has 0 N–H and O–H groups in total. The van der Waals surface area contributed by atoms with E-state index in [1.165, 1.54) is 98.7 Å². The van der Waals surface area contributed by atoms with Crippen LogP contribution in [-0.4, -0.2) is 0 Å². The third-order valence-electron chi connectivity index (χ3n) is 11.1. The Morgan fingerprint density at radius 1 is 0.265 bits per heavy atom. The van der Waals surface area contributed by atoms with Crippen molar-refractivity contribution in [2.24, 2.45) is 0 Å². The standard InChI is InChI=1S/C49H34/c1-49(2)47-26-25-33(28-45(47)46-29-43-41-19-8-6-17-39(41)40-18-7-9-20-42(40)44(43)30-48(46)49)32-15-10-16-34(27-32)36-22-12-23-37-35(21-11-24-38(36)37)31-13-4-3-5-14-31/h3-30H,1-2H3. The molecule has 230 valence electrons. The van der Waals surface area contributed by atoms with Crippen LogP contribution >= 0.6 is 0 Å². The first kappa shape index (κ1) is 28.1. The second kappa shape index (κ2) is 10.5. The van der Waals surface area contributed by atoms with Crippen LogP contribution in [0.15, 0.2) is 170 Å². The van der Waals surface area contributed by atoms with Crippen LogP contribution in [0, 0.1) is 0 Å². The molecule has 0 heterocycles. The second-order valence-electron chi connectivity index (χ2n) is 14.1. The van der Waals surface area contributed by atoms with E-state index in [-0.39, 0.29) is 5.41 Å². The van der Waals surface area contributed by atoms with Gasteiger partial charge in [-0.25, -0.2) is 0 Å². The van der Waals surface area contributed by atoms with Gasteiger partial charge in [0.05, 0.1) is 0 Å². The molecule has 10 rings (SSSR count). The highest BCUT2D eigenvalue weighted by Crippen LogP contribution is 2.52. The highest BCUT2D eigenvalue weighted by Gasteiger charge is 2.36. The fraction of sp³-hybridized carbons (Fsp3) is 0.0612. The van der Waals surface area contributed by atoms with Crippen molar-refractivity contribution in [3.63, 3.8) is 0 Å². The minimum absolute atomic E-state index is 0.0919. The van der Waals surface area contributed by atoms with Crippen molar-refractivity contribution < 1.29 is 0 Å². The molecule has 0 unspecified atom stereocenters. The Morgan fingerprint density at radius 2 is 0.735 bits per heavy atom. The Balaban J connectivity index is 1.13. The van der Waals surface area contributed by atoms with Gasteiger partial charge < -0.3 is 0 Å². The van der Waals surface area contributed by atoms with Crippen molar-refractivity contribution in [3.8, 4) is 44.5 Å². The fourth-order valence-electron chi connectivity index (χ4n) is 8.63. The van der Waals surface area contributed by atoms with Crippen LogP contribution in [0.1, 0.15) is 25.0 Å². The van der Waals surface area contributed by atoms with Crippen molar-refractivity contribution in [2.75, 3.05) is 0 Å². The number of rotatable bonds is 3. The zero-order chi connectivity index (χ0) is 32.7. The first-order chi connectivity index (χ1) is 24.1.